The third-order valence-electron chi connectivity index (χ3n) is 3.44. The third-order valence-corrected chi connectivity index (χ3v) is 4.75. The van der Waals surface area contributed by atoms with Gasteiger partial charge in [-0.15, -0.1) is 0 Å². The Bertz CT molecular complexity index is 942. The Balaban J connectivity index is 1.58. The number of fused-ring (bicyclic) bond motifs is 1. The molecule has 0 bridgehead atoms. The predicted octanol–water partition coefficient (Wildman–Crippen LogP) is 4.89. The smallest absolute Gasteiger partial charge is 0.277 e. The number of hydrogen-bond donors (Lipinski definition) is 1. The van der Waals surface area contributed by atoms with E-state index in [0.717, 1.165) is 25.3 Å². The molecule has 3 rings (SSSR count). The number of ether oxygens (including phenoxy) is 1. The number of halogens is 2. The van der Waals surface area contributed by atoms with E-state index in [1.807, 2.05) is 60.7 Å². The predicted molar refractivity (Wildman–Crippen MR) is 107 cm³/mol. The molecule has 3 aromatic rings. The number of carbonyl (C=O) groups excluding carboxylic acids is 1. The Morgan fingerprint density at radius 1 is 1.08 bits per heavy atom. The number of nitrogens with one attached hydrogen (secondary N) is 1. The molecule has 1 N–H and O–H groups in total. The van der Waals surface area contributed by atoms with Gasteiger partial charge in [-0.05, 0) is 50.5 Å². The van der Waals surface area contributed by atoms with Crippen molar-refractivity contribution in [2.45, 2.75) is 0 Å². The molecule has 0 heterocycles. The van der Waals surface area contributed by atoms with Gasteiger partial charge in [0.2, 0.25) is 0 Å². The molecule has 0 aliphatic rings. The van der Waals surface area contributed by atoms with Gasteiger partial charge in [0.1, 0.15) is 5.75 Å². The van der Waals surface area contributed by atoms with Crippen molar-refractivity contribution >= 4 is 54.8 Å². The zero-order chi connectivity index (χ0) is 17.6. The number of nitrogens with zero attached hydrogens (tertiary/aromatic N) is 1. The minimum atomic E-state index is -0.327. The lowest BCUT2D eigenvalue weighted by Gasteiger charge is -2.09. The monoisotopic (exact) mass is 460 g/mol. The van der Waals surface area contributed by atoms with E-state index in [4.69, 9.17) is 4.74 Å². The lowest BCUT2D eigenvalue weighted by Crippen LogP contribution is -2.24. The quantitative estimate of drug-likeness (QED) is 0.434. The molecular formula is C19H14Br2N2O2. The average molecular weight is 462 g/mol. The summed E-state index contributed by atoms with van der Waals surface area (Å²) in [6.45, 7) is -0.118. The number of hydrogen-bond acceptors (Lipinski definition) is 3. The van der Waals surface area contributed by atoms with Gasteiger partial charge in [0.05, 0.1) is 10.7 Å². The van der Waals surface area contributed by atoms with E-state index in [9.17, 15) is 4.79 Å². The van der Waals surface area contributed by atoms with E-state index in [1.54, 1.807) is 6.21 Å². The second-order valence-corrected chi connectivity index (χ2v) is 6.94. The molecule has 0 aliphatic carbocycles. The van der Waals surface area contributed by atoms with Gasteiger partial charge in [-0.2, -0.15) is 5.10 Å². The van der Waals surface area contributed by atoms with Crippen molar-refractivity contribution in [3.8, 4) is 5.75 Å². The standard InChI is InChI=1S/C19H14Br2N2O2/c20-15-6-3-4-13(10-15)11-22-23-18(24)12-25-17-9-8-14-5-1-2-7-16(14)19(17)21/h1-11H,12H2,(H,23,24)/b22-11+. The van der Waals surface area contributed by atoms with Crippen LogP contribution in [0.2, 0.25) is 0 Å². The summed E-state index contributed by atoms with van der Waals surface area (Å²) in [6.07, 6.45) is 1.58. The van der Waals surface area contributed by atoms with Gasteiger partial charge in [0, 0.05) is 4.47 Å². The van der Waals surface area contributed by atoms with Gasteiger partial charge in [0.25, 0.3) is 5.91 Å². The van der Waals surface area contributed by atoms with E-state index in [0.29, 0.717) is 5.75 Å². The van der Waals surface area contributed by atoms with Crippen LogP contribution in [0, 0.1) is 0 Å². The van der Waals surface area contributed by atoms with Crippen LogP contribution in [0.4, 0.5) is 0 Å². The first-order valence-corrected chi connectivity index (χ1v) is 9.09. The number of hydrazone groups is 1. The number of amides is 1. The first kappa shape index (κ1) is 17.6. The molecule has 126 valence electrons. The first-order valence-electron chi connectivity index (χ1n) is 7.51. The Morgan fingerprint density at radius 3 is 2.76 bits per heavy atom. The molecule has 3 aromatic carbocycles. The van der Waals surface area contributed by atoms with Crippen LogP contribution in [-0.4, -0.2) is 18.7 Å². The molecule has 4 nitrogen and oxygen atoms in total. The number of benzene rings is 3. The van der Waals surface area contributed by atoms with Crippen LogP contribution in [0.15, 0.2) is 74.7 Å². The first-order chi connectivity index (χ1) is 12.1. The van der Waals surface area contributed by atoms with E-state index in [1.165, 1.54) is 0 Å². The SMILES string of the molecule is O=C(COc1ccc2ccccc2c1Br)N/N=C/c1cccc(Br)c1. The van der Waals surface area contributed by atoms with Crippen LogP contribution >= 0.6 is 31.9 Å². The van der Waals surface area contributed by atoms with Crippen molar-refractivity contribution in [3.05, 3.63) is 75.2 Å². The fourth-order valence-corrected chi connectivity index (χ4v) is 3.29. The molecule has 1 amide bonds. The maximum atomic E-state index is 11.9. The van der Waals surface area contributed by atoms with Gasteiger partial charge >= 0.3 is 0 Å². The van der Waals surface area contributed by atoms with Gasteiger partial charge in [-0.1, -0.05) is 58.4 Å². The Labute approximate surface area is 162 Å². The maximum absolute atomic E-state index is 11.9. The normalized spacial score (nSPS) is 11.0. The van der Waals surface area contributed by atoms with Crippen molar-refractivity contribution in [2.24, 2.45) is 5.10 Å². The van der Waals surface area contributed by atoms with E-state index >= 15 is 0 Å². The molecule has 25 heavy (non-hydrogen) atoms. The number of rotatable bonds is 5. The molecule has 0 aromatic heterocycles. The summed E-state index contributed by atoms with van der Waals surface area (Å²) < 4.78 is 7.37. The second-order valence-electron chi connectivity index (χ2n) is 5.24. The van der Waals surface area contributed by atoms with Crippen molar-refractivity contribution in [1.82, 2.24) is 5.43 Å². The average Bonchev–Trinajstić information content (AvgIpc) is 2.61. The van der Waals surface area contributed by atoms with Crippen LogP contribution in [0.3, 0.4) is 0 Å². The molecule has 0 aliphatic heterocycles. The molecule has 0 fully saturated rings. The van der Waals surface area contributed by atoms with Gasteiger partial charge in [-0.3, -0.25) is 4.79 Å². The highest BCUT2D eigenvalue weighted by molar-refractivity contribution is 9.11. The van der Waals surface area contributed by atoms with Gasteiger partial charge in [0.15, 0.2) is 6.61 Å². The highest BCUT2D eigenvalue weighted by Crippen LogP contribution is 2.32. The minimum absolute atomic E-state index is 0.118. The molecule has 0 unspecified atom stereocenters. The zero-order valence-corrected chi connectivity index (χ0v) is 16.2. The van der Waals surface area contributed by atoms with Gasteiger partial charge < -0.3 is 4.74 Å². The summed E-state index contributed by atoms with van der Waals surface area (Å²) in [7, 11) is 0. The molecule has 0 saturated carbocycles. The van der Waals surface area contributed by atoms with Crippen molar-refractivity contribution < 1.29 is 9.53 Å². The molecule has 0 saturated heterocycles. The fraction of sp³-hybridized carbons (Fsp3) is 0.0526. The highest BCUT2D eigenvalue weighted by atomic mass is 79.9. The summed E-state index contributed by atoms with van der Waals surface area (Å²) in [5.41, 5.74) is 3.33. The van der Waals surface area contributed by atoms with Crippen molar-refractivity contribution in [2.75, 3.05) is 6.61 Å². The largest absolute Gasteiger partial charge is 0.483 e. The lowest BCUT2D eigenvalue weighted by molar-refractivity contribution is -0.123. The van der Waals surface area contributed by atoms with E-state index in [-0.39, 0.29) is 12.5 Å². The van der Waals surface area contributed by atoms with E-state index < -0.39 is 0 Å². The Hall–Kier alpha value is -2.18. The Kier molecular flexibility index (Phi) is 5.83. The fourth-order valence-electron chi connectivity index (χ4n) is 2.27. The summed E-state index contributed by atoms with van der Waals surface area (Å²) in [5.74, 6) is 0.288. The summed E-state index contributed by atoms with van der Waals surface area (Å²) in [4.78, 5) is 11.9. The van der Waals surface area contributed by atoms with Crippen LogP contribution in [-0.2, 0) is 4.79 Å². The topological polar surface area (TPSA) is 50.7 Å². The third kappa shape index (κ3) is 4.67. The maximum Gasteiger partial charge on any atom is 0.277 e. The summed E-state index contributed by atoms with van der Waals surface area (Å²) in [5, 5.41) is 6.07. The van der Waals surface area contributed by atoms with Gasteiger partial charge in [-0.25, -0.2) is 5.43 Å². The second kappa shape index (κ2) is 8.27. The Morgan fingerprint density at radius 2 is 1.92 bits per heavy atom. The molecular weight excluding hydrogens is 448 g/mol. The van der Waals surface area contributed by atoms with E-state index in [2.05, 4.69) is 42.4 Å². The molecule has 0 atom stereocenters. The van der Waals surface area contributed by atoms with Crippen LogP contribution < -0.4 is 10.2 Å². The molecule has 6 heteroatoms. The molecule has 0 radical (unpaired) electrons. The van der Waals surface area contributed by atoms with Crippen LogP contribution in [0.1, 0.15) is 5.56 Å². The highest BCUT2D eigenvalue weighted by Gasteiger charge is 2.08. The minimum Gasteiger partial charge on any atom is -0.483 e. The number of carbonyl (C=O) groups is 1. The lowest BCUT2D eigenvalue weighted by atomic mass is 10.1. The zero-order valence-electron chi connectivity index (χ0n) is 13.1. The summed E-state index contributed by atoms with van der Waals surface area (Å²) in [6, 6.07) is 19.4. The van der Waals surface area contributed by atoms with Crippen molar-refractivity contribution in [3.63, 3.8) is 0 Å². The van der Waals surface area contributed by atoms with Crippen molar-refractivity contribution in [1.29, 1.82) is 0 Å². The molecule has 0 spiro atoms. The van der Waals surface area contributed by atoms with Crippen LogP contribution in [0.25, 0.3) is 10.8 Å². The summed E-state index contributed by atoms with van der Waals surface area (Å²) >= 11 is 6.92. The van der Waals surface area contributed by atoms with Crippen LogP contribution in [0.5, 0.6) is 5.75 Å².